The van der Waals surface area contributed by atoms with Crippen LogP contribution in [0.2, 0.25) is 0 Å². The first-order valence-corrected chi connectivity index (χ1v) is 3.04. The molecule has 1 aliphatic carbocycles. The third-order valence-corrected chi connectivity index (χ3v) is 1.47. The summed E-state index contributed by atoms with van der Waals surface area (Å²) in [4.78, 5) is 10.6. The zero-order chi connectivity index (χ0) is 7.61. The van der Waals surface area contributed by atoms with Crippen molar-refractivity contribution in [2.45, 2.75) is 18.4 Å². The Labute approximate surface area is 59.6 Å². The van der Waals surface area contributed by atoms with Crippen LogP contribution in [0.15, 0.2) is 12.2 Å². The van der Waals surface area contributed by atoms with Gasteiger partial charge in [-0.05, 0) is 12.2 Å². The Morgan fingerprint density at radius 2 is 2.60 bits per heavy atom. The monoisotopic (exact) mass is 136 g/mol. The number of allylic oxidation sites excluding steroid dienone is 1. The van der Waals surface area contributed by atoms with E-state index in [-0.39, 0.29) is 18.6 Å². The van der Waals surface area contributed by atoms with Crippen LogP contribution >= 0.6 is 0 Å². The summed E-state index contributed by atoms with van der Waals surface area (Å²) >= 11 is 0. The Morgan fingerprint density at radius 3 is 3.00 bits per heavy atom. The molecule has 0 radical (unpaired) electrons. The normalized spacial score (nSPS) is 30.6. The number of terminal acetylenes is 1. The summed E-state index contributed by atoms with van der Waals surface area (Å²) in [5.41, 5.74) is -1.05. The van der Waals surface area contributed by atoms with E-state index in [1.165, 1.54) is 12.2 Å². The molecule has 0 fully saturated rings. The van der Waals surface area contributed by atoms with Crippen LogP contribution in [0.4, 0.5) is 0 Å². The molecule has 0 aliphatic heterocycles. The molecule has 0 bridgehead atoms. The lowest BCUT2D eigenvalue weighted by Gasteiger charge is -2.14. The third kappa shape index (κ3) is 1.26. The van der Waals surface area contributed by atoms with Crippen LogP contribution in [-0.4, -0.2) is 16.5 Å². The highest BCUT2D eigenvalue weighted by molar-refractivity contribution is 5.93. The smallest absolute Gasteiger partial charge is 0.158 e. The molecule has 0 aromatic rings. The Morgan fingerprint density at radius 1 is 1.90 bits per heavy atom. The van der Waals surface area contributed by atoms with Gasteiger partial charge in [0.05, 0.1) is 0 Å². The van der Waals surface area contributed by atoms with Crippen molar-refractivity contribution in [3.8, 4) is 12.3 Å². The highest BCUT2D eigenvalue weighted by atomic mass is 16.3. The molecule has 0 heterocycles. The molecule has 1 rings (SSSR count). The summed E-state index contributed by atoms with van der Waals surface area (Å²) in [7, 11) is 0. The topological polar surface area (TPSA) is 37.3 Å². The van der Waals surface area contributed by atoms with Gasteiger partial charge in [0.2, 0.25) is 0 Å². The SMILES string of the molecule is C#CC[C@]1(O)C=CC(=O)C1. The molecule has 1 atom stereocenters. The fourth-order valence-corrected chi connectivity index (χ4v) is 0.966. The van der Waals surface area contributed by atoms with E-state index in [2.05, 4.69) is 5.92 Å². The van der Waals surface area contributed by atoms with Gasteiger partial charge in [-0.3, -0.25) is 4.79 Å². The van der Waals surface area contributed by atoms with Crippen LogP contribution in [0.25, 0.3) is 0 Å². The second kappa shape index (κ2) is 2.28. The molecule has 0 aromatic heterocycles. The van der Waals surface area contributed by atoms with Crippen molar-refractivity contribution in [3.05, 3.63) is 12.2 Å². The van der Waals surface area contributed by atoms with E-state index in [0.717, 1.165) is 0 Å². The number of ketones is 1. The van der Waals surface area contributed by atoms with Crippen LogP contribution in [0.1, 0.15) is 12.8 Å². The second-order valence-corrected chi connectivity index (χ2v) is 2.46. The number of carbonyl (C=O) groups excluding carboxylic acids is 1. The number of aliphatic hydroxyl groups is 1. The zero-order valence-corrected chi connectivity index (χ0v) is 5.50. The molecule has 52 valence electrons. The van der Waals surface area contributed by atoms with Crippen LogP contribution in [0.3, 0.4) is 0 Å². The van der Waals surface area contributed by atoms with Crippen molar-refractivity contribution in [2.75, 3.05) is 0 Å². The summed E-state index contributed by atoms with van der Waals surface area (Å²) in [5.74, 6) is 2.26. The molecule has 0 unspecified atom stereocenters. The average Bonchev–Trinajstić information content (AvgIpc) is 2.12. The van der Waals surface area contributed by atoms with Gasteiger partial charge in [0.15, 0.2) is 5.78 Å². The minimum absolute atomic E-state index is 0.0576. The van der Waals surface area contributed by atoms with Crippen molar-refractivity contribution in [1.29, 1.82) is 0 Å². The summed E-state index contributed by atoms with van der Waals surface area (Å²) in [6.07, 6.45) is 8.18. The molecule has 0 saturated carbocycles. The lowest BCUT2D eigenvalue weighted by atomic mass is 10.00. The minimum Gasteiger partial charge on any atom is -0.384 e. The number of carbonyl (C=O) groups is 1. The molecule has 1 N–H and O–H groups in total. The predicted octanol–water partition coefficient (Wildman–Crippen LogP) is 0.270. The molecule has 2 nitrogen and oxygen atoms in total. The molecule has 0 aromatic carbocycles. The highest BCUT2D eigenvalue weighted by Gasteiger charge is 2.29. The van der Waals surface area contributed by atoms with Gasteiger partial charge in [0.25, 0.3) is 0 Å². The minimum atomic E-state index is -1.05. The van der Waals surface area contributed by atoms with Gasteiger partial charge >= 0.3 is 0 Å². The van der Waals surface area contributed by atoms with E-state index in [9.17, 15) is 9.90 Å². The maximum atomic E-state index is 10.6. The van der Waals surface area contributed by atoms with Gasteiger partial charge in [-0.15, -0.1) is 12.3 Å². The Hall–Kier alpha value is -1.07. The van der Waals surface area contributed by atoms with Crippen molar-refractivity contribution in [2.24, 2.45) is 0 Å². The molecule has 0 amide bonds. The number of hydrogen-bond acceptors (Lipinski definition) is 2. The van der Waals surface area contributed by atoms with E-state index < -0.39 is 5.60 Å². The van der Waals surface area contributed by atoms with E-state index in [1.807, 2.05) is 0 Å². The van der Waals surface area contributed by atoms with Gasteiger partial charge in [-0.2, -0.15) is 0 Å². The predicted molar refractivity (Wildman–Crippen MR) is 37.2 cm³/mol. The molecular formula is C8H8O2. The number of rotatable bonds is 1. The standard InChI is InChI=1S/C8H8O2/c1-2-4-8(10)5-3-7(9)6-8/h1,3,5,10H,4,6H2/t8-/m0/s1. The van der Waals surface area contributed by atoms with Gasteiger partial charge in [0.1, 0.15) is 5.60 Å². The highest BCUT2D eigenvalue weighted by Crippen LogP contribution is 2.22. The fraction of sp³-hybridized carbons (Fsp3) is 0.375. The van der Waals surface area contributed by atoms with Crippen LogP contribution in [-0.2, 0) is 4.79 Å². The lowest BCUT2D eigenvalue weighted by molar-refractivity contribution is -0.116. The zero-order valence-electron chi connectivity index (χ0n) is 5.50. The molecule has 0 spiro atoms. The van der Waals surface area contributed by atoms with Gasteiger partial charge in [-0.25, -0.2) is 0 Å². The Bertz CT molecular complexity index is 222. The summed E-state index contributed by atoms with van der Waals surface area (Å²) in [6.45, 7) is 0. The lowest BCUT2D eigenvalue weighted by Crippen LogP contribution is -2.23. The Kier molecular flexibility index (Phi) is 1.60. The maximum Gasteiger partial charge on any atom is 0.158 e. The largest absolute Gasteiger partial charge is 0.384 e. The molecule has 0 saturated heterocycles. The van der Waals surface area contributed by atoms with E-state index >= 15 is 0 Å². The van der Waals surface area contributed by atoms with Crippen molar-refractivity contribution in [3.63, 3.8) is 0 Å². The van der Waals surface area contributed by atoms with Crippen LogP contribution in [0, 0.1) is 12.3 Å². The molecule has 1 aliphatic rings. The van der Waals surface area contributed by atoms with E-state index in [4.69, 9.17) is 6.42 Å². The maximum absolute atomic E-state index is 10.6. The third-order valence-electron chi connectivity index (χ3n) is 1.47. The van der Waals surface area contributed by atoms with Gasteiger partial charge in [0, 0.05) is 12.8 Å². The van der Waals surface area contributed by atoms with E-state index in [0.29, 0.717) is 0 Å². The molecule has 2 heteroatoms. The first-order chi connectivity index (χ1) is 4.66. The summed E-state index contributed by atoms with van der Waals surface area (Å²) in [5, 5.41) is 9.41. The van der Waals surface area contributed by atoms with Crippen molar-refractivity contribution in [1.82, 2.24) is 0 Å². The van der Waals surface area contributed by atoms with Gasteiger partial charge < -0.3 is 5.11 Å². The second-order valence-electron chi connectivity index (χ2n) is 2.46. The summed E-state index contributed by atoms with van der Waals surface area (Å²) in [6, 6.07) is 0. The van der Waals surface area contributed by atoms with Crippen LogP contribution in [0.5, 0.6) is 0 Å². The first kappa shape index (κ1) is 7.04. The van der Waals surface area contributed by atoms with Crippen LogP contribution < -0.4 is 0 Å². The van der Waals surface area contributed by atoms with E-state index in [1.54, 1.807) is 0 Å². The average molecular weight is 136 g/mol. The van der Waals surface area contributed by atoms with Gasteiger partial charge in [-0.1, -0.05) is 0 Å². The Balaban J connectivity index is 2.67. The first-order valence-electron chi connectivity index (χ1n) is 3.04. The fourth-order valence-electron chi connectivity index (χ4n) is 0.966. The molecule has 10 heavy (non-hydrogen) atoms. The quantitative estimate of drug-likeness (QED) is 0.525. The molecular weight excluding hydrogens is 128 g/mol. The van der Waals surface area contributed by atoms with Crippen molar-refractivity contribution < 1.29 is 9.90 Å². The number of hydrogen-bond donors (Lipinski definition) is 1. The van der Waals surface area contributed by atoms with Crippen molar-refractivity contribution >= 4 is 5.78 Å². The summed E-state index contributed by atoms with van der Waals surface area (Å²) < 4.78 is 0.